The van der Waals surface area contributed by atoms with Crippen LogP contribution in [0.4, 0.5) is 5.69 Å². The van der Waals surface area contributed by atoms with E-state index in [9.17, 15) is 4.79 Å². The number of aliphatic carboxylic acids is 1. The van der Waals surface area contributed by atoms with Gasteiger partial charge in [-0.1, -0.05) is 12.1 Å². The number of anilines is 1. The van der Waals surface area contributed by atoms with Gasteiger partial charge in [0.15, 0.2) is 0 Å². The molecule has 0 saturated carbocycles. The van der Waals surface area contributed by atoms with Crippen molar-refractivity contribution in [2.75, 3.05) is 31.5 Å². The largest absolute Gasteiger partial charge is 1.00 e. The van der Waals surface area contributed by atoms with Gasteiger partial charge in [0.25, 0.3) is 5.97 Å². The Morgan fingerprint density at radius 3 is 1.96 bits per heavy atom. The van der Waals surface area contributed by atoms with Crippen LogP contribution >= 0.6 is 0 Å². The second-order valence-corrected chi connectivity index (χ2v) is 6.68. The third-order valence-corrected chi connectivity index (χ3v) is 4.70. The zero-order chi connectivity index (χ0) is 18.1. The SMILES string of the molecule is CC(=O)O.O=C(Nc1ccc(C2CCNCC2)cc1)C1CCNCC1.[H-].[Na+]. The van der Waals surface area contributed by atoms with E-state index in [1.807, 2.05) is 0 Å². The van der Waals surface area contributed by atoms with Crippen LogP contribution in [0.15, 0.2) is 24.3 Å². The van der Waals surface area contributed by atoms with E-state index in [1.54, 1.807) is 0 Å². The number of carboxylic acid groups (broad SMARTS) is 1. The maximum atomic E-state index is 12.2. The summed E-state index contributed by atoms with van der Waals surface area (Å²) in [4.78, 5) is 21.2. The van der Waals surface area contributed by atoms with E-state index in [0.717, 1.165) is 51.6 Å². The van der Waals surface area contributed by atoms with Crippen molar-refractivity contribution >= 4 is 17.6 Å². The van der Waals surface area contributed by atoms with Gasteiger partial charge in [0.05, 0.1) is 0 Å². The number of amides is 1. The summed E-state index contributed by atoms with van der Waals surface area (Å²) >= 11 is 0. The molecule has 2 fully saturated rings. The van der Waals surface area contributed by atoms with Crippen LogP contribution in [-0.2, 0) is 9.59 Å². The van der Waals surface area contributed by atoms with Crippen LogP contribution in [-0.4, -0.2) is 43.2 Å². The molecule has 1 aromatic carbocycles. The first-order chi connectivity index (χ1) is 12.1. The quantitative estimate of drug-likeness (QED) is 0.528. The maximum Gasteiger partial charge on any atom is 1.00 e. The fourth-order valence-electron chi connectivity index (χ4n) is 3.32. The van der Waals surface area contributed by atoms with E-state index in [0.29, 0.717) is 5.92 Å². The van der Waals surface area contributed by atoms with Crippen molar-refractivity contribution in [3.05, 3.63) is 29.8 Å². The van der Waals surface area contributed by atoms with Crippen molar-refractivity contribution in [1.82, 2.24) is 10.6 Å². The molecule has 0 atom stereocenters. The summed E-state index contributed by atoms with van der Waals surface area (Å²) in [5.74, 6) is 0.168. The average Bonchev–Trinajstić information content (AvgIpc) is 2.63. The molecule has 140 valence electrons. The van der Waals surface area contributed by atoms with Gasteiger partial charge in [-0.2, -0.15) is 0 Å². The van der Waals surface area contributed by atoms with Gasteiger partial charge in [0.2, 0.25) is 5.91 Å². The van der Waals surface area contributed by atoms with Gasteiger partial charge < -0.3 is 22.5 Å². The minimum atomic E-state index is -0.833. The number of carbonyl (C=O) groups excluding carboxylic acids is 1. The molecule has 0 aromatic heterocycles. The molecule has 2 aliphatic rings. The van der Waals surface area contributed by atoms with Crippen LogP contribution in [0.1, 0.15) is 45.5 Å². The predicted molar refractivity (Wildman–Crippen MR) is 99.9 cm³/mol. The molecular formula is C19H30N3NaO3. The third-order valence-electron chi connectivity index (χ3n) is 4.70. The Bertz CT molecular complexity index is 556. The first kappa shape index (κ1) is 23.1. The van der Waals surface area contributed by atoms with Gasteiger partial charge in [-0.15, -0.1) is 0 Å². The van der Waals surface area contributed by atoms with Gasteiger partial charge in [-0.3, -0.25) is 9.59 Å². The fourth-order valence-corrected chi connectivity index (χ4v) is 3.32. The first-order valence-corrected chi connectivity index (χ1v) is 9.08. The van der Waals surface area contributed by atoms with E-state index < -0.39 is 5.97 Å². The van der Waals surface area contributed by atoms with E-state index in [4.69, 9.17) is 9.90 Å². The van der Waals surface area contributed by atoms with E-state index in [1.165, 1.54) is 18.4 Å². The Kier molecular flexibility index (Phi) is 11.1. The van der Waals surface area contributed by atoms with Crippen molar-refractivity contribution in [2.24, 2.45) is 5.92 Å². The molecule has 1 aromatic rings. The summed E-state index contributed by atoms with van der Waals surface area (Å²) < 4.78 is 0. The molecule has 0 unspecified atom stereocenters. The van der Waals surface area contributed by atoms with Crippen molar-refractivity contribution in [2.45, 2.75) is 38.5 Å². The molecule has 7 heteroatoms. The predicted octanol–water partition coefficient (Wildman–Crippen LogP) is -0.701. The monoisotopic (exact) mass is 371 g/mol. The Hall–Kier alpha value is -0.920. The number of hydrogen-bond acceptors (Lipinski definition) is 4. The van der Waals surface area contributed by atoms with Crippen LogP contribution < -0.4 is 45.5 Å². The second-order valence-electron chi connectivity index (χ2n) is 6.68. The second kappa shape index (κ2) is 12.5. The first-order valence-electron chi connectivity index (χ1n) is 9.08. The van der Waals surface area contributed by atoms with E-state index >= 15 is 0 Å². The molecule has 3 rings (SSSR count). The molecule has 2 aliphatic heterocycles. The number of nitrogens with one attached hydrogen (secondary N) is 3. The van der Waals surface area contributed by atoms with Gasteiger partial charge in [-0.05, 0) is 75.5 Å². The van der Waals surface area contributed by atoms with Crippen molar-refractivity contribution in [1.29, 1.82) is 0 Å². The zero-order valence-corrected chi connectivity index (χ0v) is 17.9. The molecule has 0 aliphatic carbocycles. The standard InChI is InChI=1S/C17H25N3O.C2H4O2.Na.H/c21-17(15-7-11-19-12-8-15)20-16-3-1-13(2-4-16)14-5-9-18-10-6-14;1-2(3)4;;/h1-4,14-15,18-19H,5-12H2,(H,20,21);1H3,(H,3,4);;/q;;+1;-1. The van der Waals surface area contributed by atoms with Crippen LogP contribution in [0.2, 0.25) is 0 Å². The van der Waals surface area contributed by atoms with Crippen molar-refractivity contribution < 1.29 is 45.7 Å². The summed E-state index contributed by atoms with van der Waals surface area (Å²) in [6.45, 7) is 5.21. The van der Waals surface area contributed by atoms with Crippen molar-refractivity contribution in [3.63, 3.8) is 0 Å². The fraction of sp³-hybridized carbons (Fsp3) is 0.579. The average molecular weight is 371 g/mol. The number of piperidine rings is 2. The van der Waals surface area contributed by atoms with Gasteiger partial charge >= 0.3 is 29.6 Å². The van der Waals surface area contributed by atoms with Gasteiger partial charge in [0, 0.05) is 18.5 Å². The Balaban J connectivity index is 0.00000103. The minimum absolute atomic E-state index is 0. The number of rotatable bonds is 3. The topological polar surface area (TPSA) is 90.5 Å². The number of benzene rings is 1. The summed E-state index contributed by atoms with van der Waals surface area (Å²) in [6.07, 6.45) is 4.31. The summed E-state index contributed by atoms with van der Waals surface area (Å²) in [6, 6.07) is 8.45. The molecule has 0 bridgehead atoms. The number of hydrogen-bond donors (Lipinski definition) is 4. The molecule has 0 radical (unpaired) electrons. The molecule has 26 heavy (non-hydrogen) atoms. The van der Waals surface area contributed by atoms with Crippen molar-refractivity contribution in [3.8, 4) is 0 Å². The van der Waals surface area contributed by atoms with Gasteiger partial charge in [-0.25, -0.2) is 0 Å². The van der Waals surface area contributed by atoms with Crippen LogP contribution in [0.5, 0.6) is 0 Å². The Labute approximate surface area is 179 Å². The summed E-state index contributed by atoms with van der Waals surface area (Å²) in [7, 11) is 0. The molecule has 2 saturated heterocycles. The summed E-state index contributed by atoms with van der Waals surface area (Å²) in [5, 5.41) is 17.2. The van der Waals surface area contributed by atoms with Crippen LogP contribution in [0.25, 0.3) is 0 Å². The van der Waals surface area contributed by atoms with E-state index in [-0.39, 0.29) is 42.8 Å². The van der Waals surface area contributed by atoms with E-state index in [2.05, 4.69) is 40.2 Å². The molecule has 1 amide bonds. The Morgan fingerprint density at radius 2 is 1.46 bits per heavy atom. The molecule has 0 spiro atoms. The minimum Gasteiger partial charge on any atom is -1.00 e. The third kappa shape index (κ3) is 8.18. The van der Waals surface area contributed by atoms with Crippen LogP contribution in [0.3, 0.4) is 0 Å². The normalized spacial score (nSPS) is 18.0. The Morgan fingerprint density at radius 1 is 1.00 bits per heavy atom. The molecule has 4 N–H and O–H groups in total. The van der Waals surface area contributed by atoms with Crippen LogP contribution in [0, 0.1) is 5.92 Å². The maximum absolute atomic E-state index is 12.2. The smallest absolute Gasteiger partial charge is 1.00 e. The molecule has 6 nitrogen and oxygen atoms in total. The number of carbonyl (C=O) groups is 2. The number of carboxylic acids is 1. The zero-order valence-electron chi connectivity index (χ0n) is 16.9. The molecular weight excluding hydrogens is 341 g/mol. The molecule has 2 heterocycles. The summed E-state index contributed by atoms with van der Waals surface area (Å²) in [5.41, 5.74) is 2.33. The van der Waals surface area contributed by atoms with Gasteiger partial charge in [0.1, 0.15) is 0 Å².